The second kappa shape index (κ2) is 4.76. The summed E-state index contributed by atoms with van der Waals surface area (Å²) >= 11 is 0. The fourth-order valence-electron chi connectivity index (χ4n) is 2.29. The zero-order chi connectivity index (χ0) is 14.2. The normalized spacial score (nSPS) is 10.8. The average Bonchev–Trinajstić information content (AvgIpc) is 2.59. The first-order valence-corrected chi connectivity index (χ1v) is 6.03. The van der Waals surface area contributed by atoms with Crippen molar-refractivity contribution >= 4 is 22.8 Å². The lowest BCUT2D eigenvalue weighted by Crippen LogP contribution is -2.14. The van der Waals surface area contributed by atoms with Crippen LogP contribution in [0.15, 0.2) is 18.2 Å². The number of carboxylic acid groups (broad SMARTS) is 1. The molecule has 3 N–H and O–H groups in total. The Hall–Kier alpha value is -2.30. The quantitative estimate of drug-likeness (QED) is 0.879. The van der Waals surface area contributed by atoms with Crippen LogP contribution in [0.3, 0.4) is 0 Å². The number of benzene rings is 1. The number of fused-ring (bicyclic) bond motifs is 1. The summed E-state index contributed by atoms with van der Waals surface area (Å²) in [6, 6.07) is 5.02. The van der Waals surface area contributed by atoms with E-state index in [1.807, 2.05) is 18.4 Å². The lowest BCUT2D eigenvalue weighted by molar-refractivity contribution is -0.118. The number of carboxylic acids is 1. The third-order valence-corrected chi connectivity index (χ3v) is 3.47. The van der Waals surface area contributed by atoms with Gasteiger partial charge in [0.2, 0.25) is 5.91 Å². The summed E-state index contributed by atoms with van der Waals surface area (Å²) in [4.78, 5) is 21.9. The number of aromatic carboxylic acids is 1. The third kappa shape index (κ3) is 2.31. The summed E-state index contributed by atoms with van der Waals surface area (Å²) in [5.41, 5.74) is 8.43. The van der Waals surface area contributed by atoms with Gasteiger partial charge in [0.25, 0.3) is 0 Å². The first kappa shape index (κ1) is 13.1. The van der Waals surface area contributed by atoms with Gasteiger partial charge in [0.1, 0.15) is 0 Å². The number of hydrogen-bond acceptors (Lipinski definition) is 2. The molecule has 1 heterocycles. The number of carbonyl (C=O) groups excluding carboxylic acids is 1. The average molecular weight is 260 g/mol. The molecule has 5 heteroatoms. The van der Waals surface area contributed by atoms with Crippen LogP contribution in [0.1, 0.15) is 28.0 Å². The molecule has 0 aliphatic heterocycles. The third-order valence-electron chi connectivity index (χ3n) is 3.47. The summed E-state index contributed by atoms with van der Waals surface area (Å²) in [7, 11) is 0. The largest absolute Gasteiger partial charge is 0.478 e. The van der Waals surface area contributed by atoms with Gasteiger partial charge in [-0.3, -0.25) is 4.79 Å². The molecule has 0 radical (unpaired) electrons. The van der Waals surface area contributed by atoms with Crippen LogP contribution in [-0.2, 0) is 11.3 Å². The second-order valence-corrected chi connectivity index (χ2v) is 4.62. The minimum atomic E-state index is -0.941. The van der Waals surface area contributed by atoms with Gasteiger partial charge in [0, 0.05) is 29.6 Å². The topological polar surface area (TPSA) is 85.3 Å². The molecular weight excluding hydrogens is 244 g/mol. The first-order chi connectivity index (χ1) is 8.91. The second-order valence-electron chi connectivity index (χ2n) is 4.62. The number of amides is 1. The summed E-state index contributed by atoms with van der Waals surface area (Å²) in [5, 5.41) is 9.92. The summed E-state index contributed by atoms with van der Waals surface area (Å²) < 4.78 is 2.00. The number of primary amides is 1. The SMILES string of the molecule is Cc1c(C)n(CCC(N)=O)c2ccc(C(=O)O)cc12. The molecule has 5 nitrogen and oxygen atoms in total. The predicted octanol–water partition coefficient (Wildman–Crippen LogP) is 1.83. The molecule has 0 unspecified atom stereocenters. The summed E-state index contributed by atoms with van der Waals surface area (Å²) in [6.45, 7) is 4.42. The molecule has 1 amide bonds. The van der Waals surface area contributed by atoms with Crippen molar-refractivity contribution < 1.29 is 14.7 Å². The zero-order valence-electron chi connectivity index (χ0n) is 10.9. The highest BCUT2D eigenvalue weighted by molar-refractivity contribution is 5.95. The number of aromatic nitrogens is 1. The standard InChI is InChI=1S/C14H16N2O3/c1-8-9(2)16(6-5-13(15)17)12-4-3-10(14(18)19)7-11(8)12/h3-4,7H,5-6H2,1-2H3,(H2,15,17)(H,18,19). The Bertz CT molecular complexity index is 671. The van der Waals surface area contributed by atoms with Gasteiger partial charge in [-0.2, -0.15) is 0 Å². The van der Waals surface area contributed by atoms with Crippen molar-refractivity contribution in [3.8, 4) is 0 Å². The van der Waals surface area contributed by atoms with E-state index in [1.54, 1.807) is 18.2 Å². The van der Waals surface area contributed by atoms with Crippen LogP contribution in [0.4, 0.5) is 0 Å². The van der Waals surface area contributed by atoms with E-state index in [1.165, 1.54) is 0 Å². The van der Waals surface area contributed by atoms with Crippen molar-refractivity contribution in [1.82, 2.24) is 4.57 Å². The van der Waals surface area contributed by atoms with E-state index in [-0.39, 0.29) is 17.9 Å². The molecular formula is C14H16N2O3. The van der Waals surface area contributed by atoms with Crippen LogP contribution >= 0.6 is 0 Å². The van der Waals surface area contributed by atoms with Gasteiger partial charge in [-0.25, -0.2) is 4.79 Å². The van der Waals surface area contributed by atoms with E-state index in [9.17, 15) is 9.59 Å². The van der Waals surface area contributed by atoms with Crippen LogP contribution in [-0.4, -0.2) is 21.6 Å². The maximum atomic E-state index is 11.0. The Labute approximate surface area is 110 Å². The monoisotopic (exact) mass is 260 g/mol. The smallest absolute Gasteiger partial charge is 0.335 e. The molecule has 1 aromatic carbocycles. The van der Waals surface area contributed by atoms with Gasteiger partial charge in [0.05, 0.1) is 5.56 Å². The van der Waals surface area contributed by atoms with Crippen molar-refractivity contribution in [2.75, 3.05) is 0 Å². The first-order valence-electron chi connectivity index (χ1n) is 6.03. The molecule has 0 bridgehead atoms. The Morgan fingerprint density at radius 2 is 2.00 bits per heavy atom. The molecule has 19 heavy (non-hydrogen) atoms. The molecule has 0 spiro atoms. The number of aryl methyl sites for hydroxylation is 2. The van der Waals surface area contributed by atoms with E-state index in [4.69, 9.17) is 10.8 Å². The molecule has 0 aliphatic rings. The maximum absolute atomic E-state index is 11.0. The van der Waals surface area contributed by atoms with Crippen LogP contribution in [0.25, 0.3) is 10.9 Å². The van der Waals surface area contributed by atoms with Crippen LogP contribution < -0.4 is 5.73 Å². The molecule has 2 rings (SSSR count). The van der Waals surface area contributed by atoms with Gasteiger partial charge in [0.15, 0.2) is 0 Å². The fraction of sp³-hybridized carbons (Fsp3) is 0.286. The Kier molecular flexibility index (Phi) is 3.29. The van der Waals surface area contributed by atoms with Crippen LogP contribution in [0.5, 0.6) is 0 Å². The number of rotatable bonds is 4. The molecule has 2 aromatic rings. The number of nitrogens with two attached hydrogens (primary N) is 1. The van der Waals surface area contributed by atoms with Gasteiger partial charge in [-0.1, -0.05) is 0 Å². The van der Waals surface area contributed by atoms with E-state index in [2.05, 4.69) is 0 Å². The predicted molar refractivity (Wildman–Crippen MR) is 72.2 cm³/mol. The van der Waals surface area contributed by atoms with Gasteiger partial charge in [-0.05, 0) is 37.6 Å². The van der Waals surface area contributed by atoms with Crippen LogP contribution in [0.2, 0.25) is 0 Å². The van der Waals surface area contributed by atoms with Crippen molar-refractivity contribution in [2.24, 2.45) is 5.73 Å². The zero-order valence-corrected chi connectivity index (χ0v) is 10.9. The molecule has 0 fully saturated rings. The minimum Gasteiger partial charge on any atom is -0.478 e. The summed E-state index contributed by atoms with van der Waals surface area (Å²) in [6.07, 6.45) is 0.269. The van der Waals surface area contributed by atoms with Crippen molar-refractivity contribution in [2.45, 2.75) is 26.8 Å². The van der Waals surface area contributed by atoms with E-state index >= 15 is 0 Å². The van der Waals surface area contributed by atoms with Gasteiger partial charge >= 0.3 is 5.97 Å². The van der Waals surface area contributed by atoms with E-state index in [0.717, 1.165) is 22.2 Å². The van der Waals surface area contributed by atoms with Gasteiger partial charge < -0.3 is 15.4 Å². The molecule has 100 valence electrons. The molecule has 0 atom stereocenters. The van der Waals surface area contributed by atoms with Crippen LogP contribution in [0, 0.1) is 13.8 Å². The van der Waals surface area contributed by atoms with E-state index in [0.29, 0.717) is 6.54 Å². The van der Waals surface area contributed by atoms with Crippen molar-refractivity contribution in [3.63, 3.8) is 0 Å². The maximum Gasteiger partial charge on any atom is 0.335 e. The number of hydrogen-bond donors (Lipinski definition) is 2. The fourth-order valence-corrected chi connectivity index (χ4v) is 2.29. The highest BCUT2D eigenvalue weighted by Crippen LogP contribution is 2.26. The number of nitrogens with zero attached hydrogens (tertiary/aromatic N) is 1. The summed E-state index contributed by atoms with van der Waals surface area (Å²) in [5.74, 6) is -1.29. The molecule has 0 aliphatic carbocycles. The lowest BCUT2D eigenvalue weighted by atomic mass is 10.1. The minimum absolute atomic E-state index is 0.266. The lowest BCUT2D eigenvalue weighted by Gasteiger charge is -2.06. The van der Waals surface area contributed by atoms with Gasteiger partial charge in [-0.15, -0.1) is 0 Å². The van der Waals surface area contributed by atoms with Crippen molar-refractivity contribution in [3.05, 3.63) is 35.0 Å². The number of carbonyl (C=O) groups is 2. The Morgan fingerprint density at radius 1 is 1.32 bits per heavy atom. The Morgan fingerprint density at radius 3 is 2.58 bits per heavy atom. The Balaban J connectivity index is 2.56. The van der Waals surface area contributed by atoms with E-state index < -0.39 is 5.97 Å². The van der Waals surface area contributed by atoms with Crippen molar-refractivity contribution in [1.29, 1.82) is 0 Å². The molecule has 0 saturated heterocycles. The molecule has 0 saturated carbocycles. The highest BCUT2D eigenvalue weighted by atomic mass is 16.4. The molecule has 1 aromatic heterocycles. The highest BCUT2D eigenvalue weighted by Gasteiger charge is 2.13.